The number of halogens is 2. The molecule has 2 aromatic carbocycles. The molecule has 150 valence electrons. The van der Waals surface area contributed by atoms with Gasteiger partial charge in [0.1, 0.15) is 0 Å². The molecule has 0 nitrogen and oxygen atoms in total. The molecule has 0 atom stereocenters. The topological polar surface area (TPSA) is 0 Å². The van der Waals surface area contributed by atoms with E-state index in [2.05, 4.69) is 110 Å². The molecule has 0 saturated carbocycles. The van der Waals surface area contributed by atoms with Crippen LogP contribution in [0.4, 0.5) is 0 Å². The van der Waals surface area contributed by atoms with Gasteiger partial charge in [0.15, 0.2) is 0 Å². The van der Waals surface area contributed by atoms with E-state index in [-0.39, 0.29) is 24.8 Å². The van der Waals surface area contributed by atoms with Crippen LogP contribution in [0, 0.1) is 0 Å². The SMILES string of the molecule is C[SiH](C)[Zr]([CH]1C=CC=C1)([CH]1C=CC=C1)[CH]1c2ccccc2-c2ccccc21.[Cl-].[Cl-]. The number of rotatable bonds is 4. The zero-order chi connectivity index (χ0) is 18.4. The third-order valence-electron chi connectivity index (χ3n) is 6.98. The Morgan fingerprint density at radius 2 is 1.00 bits per heavy atom. The van der Waals surface area contributed by atoms with Crippen LogP contribution in [-0.2, 0) is 19.4 Å². The van der Waals surface area contributed by atoms with Crippen molar-refractivity contribution in [1.82, 2.24) is 0 Å². The van der Waals surface area contributed by atoms with Gasteiger partial charge in [-0.05, 0) is 0 Å². The molecule has 0 aliphatic heterocycles. The van der Waals surface area contributed by atoms with Gasteiger partial charge in [-0.3, -0.25) is 0 Å². The summed E-state index contributed by atoms with van der Waals surface area (Å²) in [6.45, 7) is 5.30. The van der Waals surface area contributed by atoms with Crippen LogP contribution in [0.5, 0.6) is 0 Å². The Hall–Kier alpha value is -0.920. The largest absolute Gasteiger partial charge is 1.00 e. The molecule has 0 spiro atoms. The van der Waals surface area contributed by atoms with Gasteiger partial charge in [0, 0.05) is 0 Å². The molecule has 0 bridgehead atoms. The van der Waals surface area contributed by atoms with E-state index in [1.165, 1.54) is 11.1 Å². The Balaban J connectivity index is 0.00000120. The minimum Gasteiger partial charge on any atom is -1.00 e. The zero-order valence-corrected chi connectivity index (χ0v) is 21.9. The molecule has 0 fully saturated rings. The Labute approximate surface area is 192 Å². The maximum absolute atomic E-state index is 2.81. The fourth-order valence-electron chi connectivity index (χ4n) is 5.93. The van der Waals surface area contributed by atoms with Crippen LogP contribution in [0.15, 0.2) is 97.1 Å². The first kappa shape index (κ1) is 22.8. The predicted molar refractivity (Wildman–Crippen MR) is 117 cm³/mol. The summed E-state index contributed by atoms with van der Waals surface area (Å²) in [5.74, 6) is -0.893. The molecule has 0 amide bonds. The monoisotopic (exact) mass is 514 g/mol. The standard InChI is InChI=1S/C13H9.2C5H5.C2H7Si.2ClH.Zr/c1-3-7-12-10(5-1)9-11-6-2-4-8-13(11)12;2*1-2-4-5-3-1;1-3-2;;;/h1-9H;2*1-5H;3H,1-2H3;2*1H;/p-2. The molecule has 0 N–H and O–H groups in total. The molecular formula is C25H26Cl2SiZr-2. The minimum absolute atomic E-state index is 0. The molecular weight excluding hydrogens is 490 g/mol. The Bertz CT molecular complexity index is 908. The fraction of sp³-hybridized carbons (Fsp3) is 0.200. The predicted octanol–water partition coefficient (Wildman–Crippen LogP) is 0.731. The van der Waals surface area contributed by atoms with E-state index in [0.717, 1.165) is 0 Å². The van der Waals surface area contributed by atoms with Crippen molar-refractivity contribution in [2.45, 2.75) is 24.0 Å². The number of hydrogen-bond donors (Lipinski definition) is 0. The van der Waals surface area contributed by atoms with Crippen LogP contribution in [0.1, 0.15) is 14.8 Å². The molecule has 5 rings (SSSR count). The maximum atomic E-state index is 2.65. The van der Waals surface area contributed by atoms with Gasteiger partial charge in [-0.2, -0.15) is 0 Å². The smallest absolute Gasteiger partial charge is 1.00 e. The van der Waals surface area contributed by atoms with Crippen LogP contribution in [0.25, 0.3) is 11.1 Å². The van der Waals surface area contributed by atoms with Gasteiger partial charge in [-0.1, -0.05) is 0 Å². The first-order chi connectivity index (χ1) is 13.2. The number of fused-ring (bicyclic) bond motifs is 3. The van der Waals surface area contributed by atoms with Crippen LogP contribution < -0.4 is 24.8 Å². The van der Waals surface area contributed by atoms with E-state index in [0.29, 0.717) is 10.9 Å². The third-order valence-corrected chi connectivity index (χ3v) is 41.8. The van der Waals surface area contributed by atoms with Gasteiger partial charge < -0.3 is 24.8 Å². The Morgan fingerprint density at radius 3 is 1.38 bits per heavy atom. The van der Waals surface area contributed by atoms with Crippen molar-refractivity contribution in [1.29, 1.82) is 0 Å². The maximum Gasteiger partial charge on any atom is -1.00 e. The molecule has 29 heavy (non-hydrogen) atoms. The first-order valence-electron chi connectivity index (χ1n) is 10.1. The summed E-state index contributed by atoms with van der Waals surface area (Å²) in [7, 11) is 0. The molecule has 3 aliphatic carbocycles. The average Bonchev–Trinajstić information content (AvgIpc) is 3.45. The van der Waals surface area contributed by atoms with Gasteiger partial charge in [0.05, 0.1) is 0 Å². The quantitative estimate of drug-likeness (QED) is 0.526. The van der Waals surface area contributed by atoms with Gasteiger partial charge in [-0.25, -0.2) is 0 Å². The molecule has 0 saturated heterocycles. The van der Waals surface area contributed by atoms with Gasteiger partial charge >= 0.3 is 169 Å². The van der Waals surface area contributed by atoms with Crippen molar-refractivity contribution < 1.29 is 44.2 Å². The molecule has 2 aromatic rings. The van der Waals surface area contributed by atoms with Crippen LogP contribution in [-0.4, -0.2) is 5.92 Å². The summed E-state index contributed by atoms with van der Waals surface area (Å²) >= 11 is -2.81. The van der Waals surface area contributed by atoms with E-state index in [1.807, 2.05) is 0 Å². The van der Waals surface area contributed by atoms with E-state index in [9.17, 15) is 0 Å². The molecule has 0 aromatic heterocycles. The average molecular weight is 517 g/mol. The van der Waals surface area contributed by atoms with Crippen LogP contribution >= 0.6 is 0 Å². The summed E-state index contributed by atoms with van der Waals surface area (Å²) in [5, 5.41) is 0. The fourth-order valence-corrected chi connectivity index (χ4v) is 40.4. The summed E-state index contributed by atoms with van der Waals surface area (Å²) in [5.41, 5.74) is 6.23. The van der Waals surface area contributed by atoms with Crippen LogP contribution in [0.2, 0.25) is 20.3 Å². The van der Waals surface area contributed by atoms with Crippen molar-refractivity contribution in [3.05, 3.63) is 108 Å². The van der Waals surface area contributed by atoms with E-state index in [4.69, 9.17) is 0 Å². The van der Waals surface area contributed by atoms with Crippen molar-refractivity contribution in [2.24, 2.45) is 0 Å². The second-order valence-electron chi connectivity index (χ2n) is 8.35. The summed E-state index contributed by atoms with van der Waals surface area (Å²) in [6, 6.07) is 18.5. The molecule has 3 aliphatic rings. The third kappa shape index (κ3) is 3.37. The Kier molecular flexibility index (Phi) is 7.11. The summed E-state index contributed by atoms with van der Waals surface area (Å²) in [6.07, 6.45) is 19.4. The minimum atomic E-state index is -2.81. The van der Waals surface area contributed by atoms with Crippen molar-refractivity contribution in [3.8, 4) is 11.1 Å². The molecule has 0 heterocycles. The summed E-state index contributed by atoms with van der Waals surface area (Å²) < 4.78 is 2.06. The van der Waals surface area contributed by atoms with Crippen molar-refractivity contribution in [2.75, 3.05) is 0 Å². The van der Waals surface area contributed by atoms with Gasteiger partial charge in [-0.15, -0.1) is 0 Å². The van der Waals surface area contributed by atoms with Crippen molar-refractivity contribution >= 4 is 5.92 Å². The van der Waals surface area contributed by atoms with Gasteiger partial charge in [0.25, 0.3) is 0 Å². The van der Waals surface area contributed by atoms with E-state index in [1.54, 1.807) is 11.1 Å². The molecule has 4 heteroatoms. The van der Waals surface area contributed by atoms with E-state index < -0.39 is 25.4 Å². The number of hydrogen-bond acceptors (Lipinski definition) is 0. The Morgan fingerprint density at radius 1 is 0.621 bits per heavy atom. The zero-order valence-electron chi connectivity index (χ0n) is 16.8. The molecule has 0 radical (unpaired) electrons. The molecule has 0 unspecified atom stereocenters. The second-order valence-corrected chi connectivity index (χ2v) is 34.7. The first-order valence-corrected chi connectivity index (χ1v) is 21.5. The second kappa shape index (κ2) is 9.06. The van der Waals surface area contributed by atoms with Crippen LogP contribution in [0.3, 0.4) is 0 Å². The summed E-state index contributed by atoms with van der Waals surface area (Å²) in [4.78, 5) is 0. The number of benzene rings is 2. The van der Waals surface area contributed by atoms with E-state index >= 15 is 0 Å². The van der Waals surface area contributed by atoms with Crippen molar-refractivity contribution in [3.63, 3.8) is 0 Å². The number of allylic oxidation sites excluding steroid dienone is 8. The normalized spacial score (nSPS) is 17.5. The van der Waals surface area contributed by atoms with Gasteiger partial charge in [0.2, 0.25) is 0 Å².